The molecule has 2 aromatic rings. The van der Waals surface area contributed by atoms with Crippen LogP contribution >= 0.6 is 0 Å². The molecule has 1 unspecified atom stereocenters. The van der Waals surface area contributed by atoms with E-state index in [-0.39, 0.29) is 11.3 Å². The Bertz CT molecular complexity index is 977. The van der Waals surface area contributed by atoms with Gasteiger partial charge in [0.1, 0.15) is 17.5 Å². The summed E-state index contributed by atoms with van der Waals surface area (Å²) >= 11 is 0. The highest BCUT2D eigenvalue weighted by molar-refractivity contribution is 7.75. The molecule has 4 heterocycles. The Balaban J connectivity index is 1.79. The first-order valence-electron chi connectivity index (χ1n) is 9.29. The first-order chi connectivity index (χ1) is 14.0. The van der Waals surface area contributed by atoms with Gasteiger partial charge in [-0.2, -0.15) is 15.6 Å². The molecule has 2 aliphatic rings. The Kier molecular flexibility index (Phi) is 5.79. The van der Waals surface area contributed by atoms with Gasteiger partial charge in [0.15, 0.2) is 5.82 Å². The van der Waals surface area contributed by atoms with Crippen LogP contribution in [0.4, 0.5) is 17.5 Å². The zero-order chi connectivity index (χ0) is 20.4. The Morgan fingerprint density at radius 2 is 2.03 bits per heavy atom. The van der Waals surface area contributed by atoms with Crippen molar-refractivity contribution in [2.75, 3.05) is 50.7 Å². The van der Waals surface area contributed by atoms with Gasteiger partial charge in [0.2, 0.25) is 5.88 Å². The molecular formula is C18H23N6O4S-. The number of hydrogen-bond donors (Lipinski definition) is 1. The molecule has 2 fully saturated rings. The van der Waals surface area contributed by atoms with Gasteiger partial charge in [-0.3, -0.25) is 0 Å². The summed E-state index contributed by atoms with van der Waals surface area (Å²) in [5, 5.41) is -0.101. The minimum atomic E-state index is -1.42. The monoisotopic (exact) mass is 419 g/mol. The second-order valence-electron chi connectivity index (χ2n) is 6.88. The van der Waals surface area contributed by atoms with E-state index in [1.165, 1.54) is 7.11 Å². The fourth-order valence-corrected chi connectivity index (χ4v) is 3.92. The Morgan fingerprint density at radius 1 is 1.21 bits per heavy atom. The fraction of sp³-hybridized carbons (Fsp3) is 0.500. The number of aromatic nitrogens is 3. The molecule has 29 heavy (non-hydrogen) atoms. The number of pyridine rings is 1. The zero-order valence-electron chi connectivity index (χ0n) is 16.3. The van der Waals surface area contributed by atoms with Gasteiger partial charge >= 0.3 is 0 Å². The summed E-state index contributed by atoms with van der Waals surface area (Å²) in [4.78, 5) is 15.5. The minimum Gasteiger partial charge on any atom is -0.481 e. The van der Waals surface area contributed by atoms with Crippen LogP contribution in [0.3, 0.4) is 0 Å². The van der Waals surface area contributed by atoms with Crippen molar-refractivity contribution in [3.8, 4) is 17.3 Å². The molecule has 0 aliphatic carbocycles. The van der Waals surface area contributed by atoms with Gasteiger partial charge < -0.3 is 33.4 Å². The zero-order valence-corrected chi connectivity index (χ0v) is 17.1. The van der Waals surface area contributed by atoms with Gasteiger partial charge in [0.25, 0.3) is 0 Å². The van der Waals surface area contributed by atoms with E-state index in [4.69, 9.17) is 24.9 Å². The van der Waals surface area contributed by atoms with Gasteiger partial charge in [-0.25, -0.2) is 9.97 Å². The lowest BCUT2D eigenvalue weighted by Gasteiger charge is -2.34. The molecule has 0 radical (unpaired) electrons. The lowest BCUT2D eigenvalue weighted by Crippen LogP contribution is -2.44. The number of morpholine rings is 1. The van der Waals surface area contributed by atoms with Crippen molar-refractivity contribution in [3.63, 3.8) is 0 Å². The molecule has 2 saturated heterocycles. The average Bonchev–Trinajstić information content (AvgIpc) is 2.66. The first-order valence-corrected chi connectivity index (χ1v) is 10.5. The number of rotatable bonds is 5. The summed E-state index contributed by atoms with van der Waals surface area (Å²) in [5.74, 6) is 2.11. The number of nitrogens with zero attached hydrogens (tertiary/aromatic N) is 5. The van der Waals surface area contributed by atoms with Gasteiger partial charge in [-0.05, 0) is 18.2 Å². The molecule has 0 spiro atoms. The van der Waals surface area contributed by atoms with Crippen molar-refractivity contribution in [2.24, 2.45) is 4.36 Å². The number of nitrogens with two attached hydrogens (primary N) is 1. The molecule has 0 aromatic carbocycles. The molecule has 4 rings (SSSR count). The quantitative estimate of drug-likeness (QED) is 0.718. The van der Waals surface area contributed by atoms with Crippen LogP contribution < -0.4 is 15.4 Å². The highest BCUT2D eigenvalue weighted by Crippen LogP contribution is 2.29. The summed E-state index contributed by atoms with van der Waals surface area (Å²) in [6.07, 6.45) is 0. The second kappa shape index (κ2) is 8.47. The topological polar surface area (TPSA) is 125 Å². The molecule has 2 aliphatic heterocycles. The minimum absolute atomic E-state index is 0.101. The number of anilines is 2. The molecular weight excluding hydrogens is 396 g/mol. The summed E-state index contributed by atoms with van der Waals surface area (Å²) in [6.45, 7) is 4.86. The van der Waals surface area contributed by atoms with E-state index in [1.54, 1.807) is 18.2 Å². The highest BCUT2D eigenvalue weighted by atomic mass is 32.2. The van der Waals surface area contributed by atoms with E-state index in [0.717, 1.165) is 0 Å². The van der Waals surface area contributed by atoms with Gasteiger partial charge in [-0.15, -0.1) is 0 Å². The van der Waals surface area contributed by atoms with E-state index >= 15 is 0 Å². The van der Waals surface area contributed by atoms with Crippen LogP contribution in [-0.2, 0) is 24.3 Å². The van der Waals surface area contributed by atoms with Crippen molar-refractivity contribution >= 4 is 28.0 Å². The van der Waals surface area contributed by atoms with Crippen molar-refractivity contribution in [1.29, 1.82) is 0 Å². The number of hydrogen-bond acceptors (Lipinski definition) is 11. The van der Waals surface area contributed by atoms with Crippen molar-refractivity contribution in [3.05, 3.63) is 18.2 Å². The van der Waals surface area contributed by atoms with E-state index < -0.39 is 10.6 Å². The predicted octanol–water partition coefficient (Wildman–Crippen LogP) is 1.53. The van der Waals surface area contributed by atoms with Crippen LogP contribution in [0.1, 0.15) is 6.92 Å². The summed E-state index contributed by atoms with van der Waals surface area (Å²) in [7, 11) is 0.0955. The number of ether oxygens (including phenoxy) is 3. The maximum atomic E-state index is 12.5. The standard InChI is InChI=1S/C18H23N6O4S/c1-11-8-27-4-3-24(11)16-7-15(23-29(25)13-9-28-10-13)21-18(22-16)12-5-14(19)20-17(6-12)26-2/h5-7,11,13H,3-4,8-10H2,1-2H3,(H2,19,20)/q-1. The van der Waals surface area contributed by atoms with Crippen molar-refractivity contribution < 1.29 is 18.4 Å². The summed E-state index contributed by atoms with van der Waals surface area (Å²) in [5.41, 5.74) is 6.54. The lowest BCUT2D eigenvalue weighted by molar-refractivity contribution is 0.0438. The normalized spacial score (nSPS) is 21.0. The van der Waals surface area contributed by atoms with E-state index in [0.29, 0.717) is 67.7 Å². The van der Waals surface area contributed by atoms with Crippen LogP contribution in [0.5, 0.6) is 5.88 Å². The van der Waals surface area contributed by atoms with Gasteiger partial charge in [-0.1, -0.05) is 0 Å². The lowest BCUT2D eigenvalue weighted by atomic mass is 10.2. The second-order valence-corrected chi connectivity index (χ2v) is 8.28. The van der Waals surface area contributed by atoms with Gasteiger partial charge in [0.05, 0.1) is 26.4 Å². The third-order valence-electron chi connectivity index (χ3n) is 4.73. The third kappa shape index (κ3) is 4.41. The van der Waals surface area contributed by atoms with Crippen LogP contribution in [0.15, 0.2) is 22.6 Å². The number of methoxy groups -OCH3 is 1. The fourth-order valence-electron chi connectivity index (χ4n) is 3.07. The Labute approximate surface area is 170 Å². The maximum absolute atomic E-state index is 12.5. The predicted molar refractivity (Wildman–Crippen MR) is 109 cm³/mol. The molecule has 0 bridgehead atoms. The van der Waals surface area contributed by atoms with Crippen LogP contribution in [-0.4, -0.2) is 66.3 Å². The number of nitrogen functional groups attached to an aromatic ring is 1. The van der Waals surface area contributed by atoms with E-state index in [2.05, 4.69) is 26.2 Å². The van der Waals surface area contributed by atoms with Crippen molar-refractivity contribution in [2.45, 2.75) is 18.2 Å². The molecule has 11 heteroatoms. The highest BCUT2D eigenvalue weighted by Gasteiger charge is 2.22. The van der Waals surface area contributed by atoms with Crippen LogP contribution in [0.25, 0.3) is 11.4 Å². The first kappa shape index (κ1) is 19.8. The molecule has 0 amide bonds. The summed E-state index contributed by atoms with van der Waals surface area (Å²) in [6, 6.07) is 5.27. The average molecular weight is 419 g/mol. The maximum Gasteiger partial charge on any atom is 0.215 e. The third-order valence-corrected chi connectivity index (χ3v) is 5.94. The van der Waals surface area contributed by atoms with Crippen molar-refractivity contribution in [1.82, 2.24) is 15.0 Å². The Morgan fingerprint density at radius 3 is 2.72 bits per heavy atom. The molecule has 10 nitrogen and oxygen atoms in total. The van der Waals surface area contributed by atoms with Crippen LogP contribution in [0.2, 0.25) is 0 Å². The largest absolute Gasteiger partial charge is 0.481 e. The van der Waals surface area contributed by atoms with E-state index in [1.807, 2.05) is 0 Å². The Hall–Kier alpha value is -2.50. The molecule has 2 aromatic heterocycles. The molecule has 156 valence electrons. The molecule has 1 atom stereocenters. The molecule has 2 N–H and O–H groups in total. The molecule has 0 saturated carbocycles. The smallest absolute Gasteiger partial charge is 0.215 e. The van der Waals surface area contributed by atoms with Gasteiger partial charge in [0, 0.05) is 37.5 Å². The van der Waals surface area contributed by atoms with Crippen LogP contribution in [0, 0.1) is 0 Å². The SMILES string of the molecule is COc1cc(-c2nc(N=[S-](=O)C3COC3)cc(N3CCOCC3C)n2)cc(N)n1. The van der Waals surface area contributed by atoms with E-state index in [9.17, 15) is 4.21 Å². The summed E-state index contributed by atoms with van der Waals surface area (Å²) < 4.78 is 32.6.